The van der Waals surface area contributed by atoms with Crippen LogP contribution in [-0.2, 0) is 6.54 Å². The maximum absolute atomic E-state index is 4.89. The molecule has 3 nitrogen and oxygen atoms in total. The van der Waals surface area contributed by atoms with Crippen LogP contribution in [0, 0.1) is 0 Å². The van der Waals surface area contributed by atoms with Crippen LogP contribution in [0.15, 0.2) is 5.38 Å². The number of rotatable bonds is 4. The molecule has 0 radical (unpaired) electrons. The Morgan fingerprint density at radius 2 is 2.00 bits per heavy atom. The molecule has 0 amide bonds. The normalized spacial score (nSPS) is 23.6. The van der Waals surface area contributed by atoms with Crippen LogP contribution in [0.25, 0.3) is 0 Å². The van der Waals surface area contributed by atoms with Crippen LogP contribution in [0.1, 0.15) is 55.1 Å². The summed E-state index contributed by atoms with van der Waals surface area (Å²) >= 11 is 1.89. The van der Waals surface area contributed by atoms with E-state index in [0.29, 0.717) is 6.04 Å². The van der Waals surface area contributed by atoms with Gasteiger partial charge in [0.2, 0.25) is 0 Å². The summed E-state index contributed by atoms with van der Waals surface area (Å²) in [6.45, 7) is 3.45. The highest BCUT2D eigenvalue weighted by atomic mass is 35.5. The Balaban J connectivity index is 0.00000110. The minimum atomic E-state index is 0. The molecule has 21 heavy (non-hydrogen) atoms. The second-order valence-electron chi connectivity index (χ2n) is 6.02. The van der Waals surface area contributed by atoms with Gasteiger partial charge in [0.1, 0.15) is 0 Å². The van der Waals surface area contributed by atoms with E-state index in [4.69, 9.17) is 4.98 Å². The molecule has 2 fully saturated rings. The summed E-state index contributed by atoms with van der Waals surface area (Å²) in [5.74, 6) is 0.769. The van der Waals surface area contributed by atoms with Crippen LogP contribution >= 0.6 is 36.2 Å². The number of nitrogens with one attached hydrogen (secondary N) is 1. The monoisotopic (exact) mass is 351 g/mol. The lowest BCUT2D eigenvalue weighted by Gasteiger charge is -2.31. The predicted octanol–water partition coefficient (Wildman–Crippen LogP) is 3.83. The van der Waals surface area contributed by atoms with Crippen molar-refractivity contribution >= 4 is 36.2 Å². The second-order valence-corrected chi connectivity index (χ2v) is 6.91. The van der Waals surface area contributed by atoms with Gasteiger partial charge in [-0.1, -0.05) is 12.8 Å². The molecule has 0 aromatic carbocycles. The van der Waals surface area contributed by atoms with Gasteiger partial charge in [-0.05, 0) is 39.3 Å². The topological polar surface area (TPSA) is 28.2 Å². The molecular formula is C15H27Cl2N3S. The lowest BCUT2D eigenvalue weighted by molar-refractivity contribution is 0.186. The summed E-state index contributed by atoms with van der Waals surface area (Å²) in [6, 6.07) is 0.668. The van der Waals surface area contributed by atoms with E-state index in [1.807, 2.05) is 11.3 Å². The van der Waals surface area contributed by atoms with Gasteiger partial charge in [-0.15, -0.1) is 36.2 Å². The molecule has 1 saturated carbocycles. The van der Waals surface area contributed by atoms with Crippen LogP contribution in [0.4, 0.5) is 0 Å². The first-order chi connectivity index (χ1) is 9.35. The van der Waals surface area contributed by atoms with Crippen molar-refractivity contribution in [1.82, 2.24) is 15.2 Å². The van der Waals surface area contributed by atoms with Crippen molar-refractivity contribution in [2.75, 3.05) is 20.1 Å². The molecule has 0 spiro atoms. The summed E-state index contributed by atoms with van der Waals surface area (Å²) in [4.78, 5) is 7.45. The first kappa shape index (κ1) is 19.2. The minimum Gasteiger partial charge on any atom is -0.316 e. The van der Waals surface area contributed by atoms with Crippen LogP contribution in [-0.4, -0.2) is 36.1 Å². The summed E-state index contributed by atoms with van der Waals surface area (Å²) in [6.07, 6.45) is 8.14. The Labute approximate surface area is 144 Å². The zero-order valence-corrected chi connectivity index (χ0v) is 15.2. The third-order valence-electron chi connectivity index (χ3n) is 4.57. The number of nitrogens with zero attached hydrogens (tertiary/aromatic N) is 2. The standard InChI is InChI=1S/C15H25N3S.2ClH/c1-16-13-7-4-8-18(9-13)10-14-11-19-15(17-14)12-5-2-3-6-12;;/h11-13,16H,2-10H2,1H3;2*1H. The van der Waals surface area contributed by atoms with Crippen LogP contribution in [0.2, 0.25) is 0 Å². The average molecular weight is 352 g/mol. The van der Waals surface area contributed by atoms with Gasteiger partial charge in [-0.3, -0.25) is 4.90 Å². The number of piperidine rings is 1. The fraction of sp³-hybridized carbons (Fsp3) is 0.800. The van der Waals surface area contributed by atoms with Gasteiger partial charge < -0.3 is 5.32 Å². The minimum absolute atomic E-state index is 0. The highest BCUT2D eigenvalue weighted by molar-refractivity contribution is 7.09. The van der Waals surface area contributed by atoms with Crippen molar-refractivity contribution in [3.63, 3.8) is 0 Å². The number of likely N-dealkylation sites (N-methyl/N-ethyl adjacent to an activating group) is 1. The van der Waals surface area contributed by atoms with E-state index in [1.165, 1.54) is 62.3 Å². The molecule has 1 saturated heterocycles. The first-order valence-corrected chi connectivity index (χ1v) is 8.57. The molecule has 1 N–H and O–H groups in total. The van der Waals surface area contributed by atoms with Gasteiger partial charge in [-0.25, -0.2) is 4.98 Å². The SMILES string of the molecule is CNC1CCCN(Cc2csc(C3CCCC3)n2)C1.Cl.Cl. The molecule has 2 aliphatic rings. The van der Waals surface area contributed by atoms with Crippen LogP contribution in [0.5, 0.6) is 0 Å². The van der Waals surface area contributed by atoms with Crippen LogP contribution < -0.4 is 5.32 Å². The van der Waals surface area contributed by atoms with E-state index >= 15 is 0 Å². The lowest BCUT2D eigenvalue weighted by Crippen LogP contribution is -2.43. The molecule has 1 unspecified atom stereocenters. The molecule has 1 aromatic rings. The maximum atomic E-state index is 4.89. The van der Waals surface area contributed by atoms with E-state index < -0.39 is 0 Å². The summed E-state index contributed by atoms with van der Waals surface area (Å²) in [5.41, 5.74) is 1.30. The number of thiazole rings is 1. The van der Waals surface area contributed by atoms with Gasteiger partial charge in [0.05, 0.1) is 10.7 Å². The van der Waals surface area contributed by atoms with E-state index in [0.717, 1.165) is 12.5 Å². The van der Waals surface area contributed by atoms with Gasteiger partial charge in [0.15, 0.2) is 0 Å². The Bertz CT molecular complexity index is 407. The second kappa shape index (κ2) is 9.31. The third kappa shape index (κ3) is 5.07. The van der Waals surface area contributed by atoms with Crippen molar-refractivity contribution in [1.29, 1.82) is 0 Å². The molecule has 1 aliphatic carbocycles. The van der Waals surface area contributed by atoms with Crippen molar-refractivity contribution < 1.29 is 0 Å². The quantitative estimate of drug-likeness (QED) is 0.893. The number of hydrogen-bond donors (Lipinski definition) is 1. The predicted molar refractivity (Wildman–Crippen MR) is 95.2 cm³/mol. The molecule has 1 aliphatic heterocycles. The highest BCUT2D eigenvalue weighted by Gasteiger charge is 2.22. The van der Waals surface area contributed by atoms with E-state index in [2.05, 4.69) is 22.6 Å². The van der Waals surface area contributed by atoms with E-state index in [-0.39, 0.29) is 24.8 Å². The zero-order chi connectivity index (χ0) is 13.1. The number of likely N-dealkylation sites (tertiary alicyclic amines) is 1. The molecule has 2 heterocycles. The Kier molecular flexibility index (Phi) is 8.50. The molecular weight excluding hydrogens is 325 g/mol. The molecule has 122 valence electrons. The Hall–Kier alpha value is 0.130. The smallest absolute Gasteiger partial charge is 0.0959 e. The molecule has 1 atom stereocenters. The van der Waals surface area contributed by atoms with Crippen molar-refractivity contribution in [2.24, 2.45) is 0 Å². The zero-order valence-electron chi connectivity index (χ0n) is 12.7. The van der Waals surface area contributed by atoms with Gasteiger partial charge in [0.25, 0.3) is 0 Å². The fourth-order valence-corrected chi connectivity index (χ4v) is 4.40. The Morgan fingerprint density at radius 3 is 2.71 bits per heavy atom. The number of aromatic nitrogens is 1. The van der Waals surface area contributed by atoms with Gasteiger partial charge >= 0.3 is 0 Å². The molecule has 1 aromatic heterocycles. The summed E-state index contributed by atoms with van der Waals surface area (Å²) in [7, 11) is 2.08. The summed E-state index contributed by atoms with van der Waals surface area (Å²) < 4.78 is 0. The highest BCUT2D eigenvalue weighted by Crippen LogP contribution is 2.35. The van der Waals surface area contributed by atoms with Crippen LogP contribution in [0.3, 0.4) is 0 Å². The van der Waals surface area contributed by atoms with Crippen molar-refractivity contribution in [2.45, 2.75) is 57.0 Å². The van der Waals surface area contributed by atoms with E-state index in [9.17, 15) is 0 Å². The molecule has 0 bridgehead atoms. The van der Waals surface area contributed by atoms with Crippen molar-refractivity contribution in [3.05, 3.63) is 16.1 Å². The molecule has 6 heteroatoms. The van der Waals surface area contributed by atoms with E-state index in [1.54, 1.807) is 0 Å². The maximum Gasteiger partial charge on any atom is 0.0959 e. The largest absolute Gasteiger partial charge is 0.316 e. The van der Waals surface area contributed by atoms with Gasteiger partial charge in [-0.2, -0.15) is 0 Å². The summed E-state index contributed by atoms with van der Waals surface area (Å²) in [5, 5.41) is 7.10. The average Bonchev–Trinajstić information content (AvgIpc) is 3.09. The van der Waals surface area contributed by atoms with Gasteiger partial charge in [0, 0.05) is 30.4 Å². The fourth-order valence-electron chi connectivity index (χ4n) is 3.42. The van der Waals surface area contributed by atoms with Crippen molar-refractivity contribution in [3.8, 4) is 0 Å². The lowest BCUT2D eigenvalue weighted by atomic mass is 10.1. The number of halogens is 2. The molecule has 3 rings (SSSR count). The first-order valence-electron chi connectivity index (χ1n) is 7.69. The number of hydrogen-bond acceptors (Lipinski definition) is 4. The third-order valence-corrected chi connectivity index (χ3v) is 5.63. The Morgan fingerprint density at radius 1 is 1.24 bits per heavy atom.